The SMILES string of the molecule is O=C(Nc1ccccc1C(=O)NCCSc1ccc(Cl)cc1)c1ccco1. The molecule has 0 atom stereocenters. The quantitative estimate of drug-likeness (QED) is 0.445. The molecule has 3 rings (SSSR count). The Morgan fingerprint density at radius 1 is 0.963 bits per heavy atom. The van der Waals surface area contributed by atoms with Crippen molar-refractivity contribution >= 4 is 40.9 Å². The number of nitrogens with one attached hydrogen (secondary N) is 2. The molecule has 27 heavy (non-hydrogen) atoms. The first-order chi connectivity index (χ1) is 13.1. The lowest BCUT2D eigenvalue weighted by atomic mass is 10.1. The molecular weight excluding hydrogens is 384 g/mol. The topological polar surface area (TPSA) is 71.3 Å². The van der Waals surface area contributed by atoms with Gasteiger partial charge < -0.3 is 15.1 Å². The Bertz CT molecular complexity index is 911. The first kappa shape index (κ1) is 19.1. The monoisotopic (exact) mass is 400 g/mol. The van der Waals surface area contributed by atoms with Crippen LogP contribution in [0.15, 0.2) is 76.2 Å². The summed E-state index contributed by atoms with van der Waals surface area (Å²) < 4.78 is 5.07. The van der Waals surface area contributed by atoms with Gasteiger partial charge in [0, 0.05) is 22.2 Å². The molecule has 7 heteroatoms. The van der Waals surface area contributed by atoms with Gasteiger partial charge in [0.1, 0.15) is 0 Å². The van der Waals surface area contributed by atoms with Gasteiger partial charge in [0.15, 0.2) is 5.76 Å². The Morgan fingerprint density at radius 3 is 2.48 bits per heavy atom. The third-order valence-corrected chi connectivity index (χ3v) is 4.90. The van der Waals surface area contributed by atoms with Crippen molar-refractivity contribution in [1.82, 2.24) is 5.32 Å². The van der Waals surface area contributed by atoms with Crippen LogP contribution in [-0.2, 0) is 0 Å². The van der Waals surface area contributed by atoms with E-state index in [4.69, 9.17) is 16.0 Å². The van der Waals surface area contributed by atoms with E-state index in [1.807, 2.05) is 24.3 Å². The first-order valence-corrected chi connectivity index (χ1v) is 9.60. The molecule has 1 heterocycles. The summed E-state index contributed by atoms with van der Waals surface area (Å²) in [4.78, 5) is 25.7. The summed E-state index contributed by atoms with van der Waals surface area (Å²) in [5, 5.41) is 6.27. The molecule has 0 fully saturated rings. The van der Waals surface area contributed by atoms with E-state index < -0.39 is 5.91 Å². The number of para-hydroxylation sites is 1. The van der Waals surface area contributed by atoms with E-state index >= 15 is 0 Å². The molecule has 0 aliphatic heterocycles. The van der Waals surface area contributed by atoms with Gasteiger partial charge in [-0.1, -0.05) is 23.7 Å². The molecular formula is C20H17ClN2O3S. The van der Waals surface area contributed by atoms with Crippen LogP contribution in [0.1, 0.15) is 20.9 Å². The van der Waals surface area contributed by atoms with Gasteiger partial charge in [-0.3, -0.25) is 9.59 Å². The highest BCUT2D eigenvalue weighted by Gasteiger charge is 2.15. The molecule has 0 spiro atoms. The molecule has 0 aliphatic carbocycles. The third kappa shape index (κ3) is 5.39. The number of thioether (sulfide) groups is 1. The van der Waals surface area contributed by atoms with Crippen molar-refractivity contribution in [3.05, 3.63) is 83.3 Å². The zero-order valence-electron chi connectivity index (χ0n) is 14.3. The molecule has 0 unspecified atom stereocenters. The zero-order valence-corrected chi connectivity index (χ0v) is 15.8. The number of hydrogen-bond acceptors (Lipinski definition) is 4. The van der Waals surface area contributed by atoms with Crippen LogP contribution in [0.25, 0.3) is 0 Å². The Balaban J connectivity index is 1.55. The van der Waals surface area contributed by atoms with Crippen molar-refractivity contribution in [2.24, 2.45) is 0 Å². The molecule has 0 bridgehead atoms. The minimum atomic E-state index is -0.404. The first-order valence-electron chi connectivity index (χ1n) is 8.24. The number of carbonyl (C=O) groups excluding carboxylic acids is 2. The molecule has 0 radical (unpaired) electrons. The lowest BCUT2D eigenvalue weighted by molar-refractivity contribution is 0.0957. The summed E-state index contributed by atoms with van der Waals surface area (Å²) in [5.74, 6) is 0.249. The summed E-state index contributed by atoms with van der Waals surface area (Å²) in [6.45, 7) is 0.493. The highest BCUT2D eigenvalue weighted by molar-refractivity contribution is 7.99. The standard InChI is InChI=1S/C20H17ClN2O3S/c21-14-7-9-15(10-8-14)27-13-11-22-19(24)16-4-1-2-5-17(16)23-20(25)18-6-3-12-26-18/h1-10,12H,11,13H2,(H,22,24)(H,23,25). The van der Waals surface area contributed by atoms with Gasteiger partial charge in [0.2, 0.25) is 0 Å². The van der Waals surface area contributed by atoms with Gasteiger partial charge in [-0.15, -0.1) is 11.8 Å². The highest BCUT2D eigenvalue weighted by atomic mass is 35.5. The lowest BCUT2D eigenvalue weighted by Crippen LogP contribution is -2.27. The number of anilines is 1. The van der Waals surface area contributed by atoms with Gasteiger partial charge in [0.05, 0.1) is 17.5 Å². The van der Waals surface area contributed by atoms with Crippen molar-refractivity contribution in [2.45, 2.75) is 4.90 Å². The second-order valence-corrected chi connectivity index (χ2v) is 7.14. The number of furan rings is 1. The van der Waals surface area contributed by atoms with E-state index in [0.29, 0.717) is 28.6 Å². The van der Waals surface area contributed by atoms with Crippen LogP contribution in [0.3, 0.4) is 0 Å². The molecule has 2 N–H and O–H groups in total. The predicted octanol–water partition coefficient (Wildman–Crippen LogP) is 4.71. The maximum atomic E-state index is 12.5. The minimum absolute atomic E-state index is 0.185. The highest BCUT2D eigenvalue weighted by Crippen LogP contribution is 2.20. The van der Waals surface area contributed by atoms with E-state index in [-0.39, 0.29) is 11.7 Å². The number of hydrogen-bond donors (Lipinski definition) is 2. The van der Waals surface area contributed by atoms with Crippen LogP contribution in [0, 0.1) is 0 Å². The molecule has 5 nitrogen and oxygen atoms in total. The number of halogens is 1. The molecule has 0 saturated carbocycles. The van der Waals surface area contributed by atoms with E-state index in [1.165, 1.54) is 6.26 Å². The second-order valence-electron chi connectivity index (χ2n) is 5.54. The number of rotatable bonds is 7. The van der Waals surface area contributed by atoms with Crippen molar-refractivity contribution in [3.63, 3.8) is 0 Å². The molecule has 1 aromatic heterocycles. The number of benzene rings is 2. The van der Waals surface area contributed by atoms with Gasteiger partial charge in [-0.2, -0.15) is 0 Å². The average Bonchev–Trinajstić information content (AvgIpc) is 3.22. The minimum Gasteiger partial charge on any atom is -0.459 e. The second kappa shape index (κ2) is 9.30. The maximum absolute atomic E-state index is 12.5. The van der Waals surface area contributed by atoms with E-state index in [2.05, 4.69) is 10.6 Å². The normalized spacial score (nSPS) is 10.4. The van der Waals surface area contributed by atoms with Crippen LogP contribution in [0.2, 0.25) is 5.02 Å². The van der Waals surface area contributed by atoms with Crippen LogP contribution < -0.4 is 10.6 Å². The third-order valence-electron chi connectivity index (χ3n) is 3.63. The molecule has 0 saturated heterocycles. The van der Waals surface area contributed by atoms with Crippen molar-refractivity contribution < 1.29 is 14.0 Å². The van der Waals surface area contributed by atoms with Crippen LogP contribution >= 0.6 is 23.4 Å². The summed E-state index contributed by atoms with van der Waals surface area (Å²) in [7, 11) is 0. The Kier molecular flexibility index (Phi) is 6.57. The van der Waals surface area contributed by atoms with E-state index in [9.17, 15) is 9.59 Å². The summed E-state index contributed by atoms with van der Waals surface area (Å²) in [5.41, 5.74) is 0.829. The molecule has 138 valence electrons. The van der Waals surface area contributed by atoms with Crippen LogP contribution in [0.4, 0.5) is 5.69 Å². The fourth-order valence-electron chi connectivity index (χ4n) is 2.34. The van der Waals surface area contributed by atoms with Gasteiger partial charge >= 0.3 is 0 Å². The van der Waals surface area contributed by atoms with Crippen molar-refractivity contribution in [3.8, 4) is 0 Å². The zero-order chi connectivity index (χ0) is 19.1. The molecule has 2 aromatic carbocycles. The fraction of sp³-hybridized carbons (Fsp3) is 0.100. The van der Waals surface area contributed by atoms with Gasteiger partial charge in [-0.25, -0.2) is 0 Å². The van der Waals surface area contributed by atoms with Gasteiger partial charge in [0.25, 0.3) is 11.8 Å². The van der Waals surface area contributed by atoms with Crippen molar-refractivity contribution in [2.75, 3.05) is 17.6 Å². The Hall–Kier alpha value is -2.70. The van der Waals surface area contributed by atoms with E-state index in [0.717, 1.165) is 4.90 Å². The largest absolute Gasteiger partial charge is 0.459 e. The van der Waals surface area contributed by atoms with E-state index in [1.54, 1.807) is 48.2 Å². The maximum Gasteiger partial charge on any atom is 0.291 e. The molecule has 3 aromatic rings. The Morgan fingerprint density at radius 2 is 1.74 bits per heavy atom. The molecule has 0 aliphatic rings. The lowest BCUT2D eigenvalue weighted by Gasteiger charge is -2.11. The fourth-order valence-corrected chi connectivity index (χ4v) is 3.24. The number of carbonyl (C=O) groups is 2. The average molecular weight is 401 g/mol. The van der Waals surface area contributed by atoms with Crippen molar-refractivity contribution in [1.29, 1.82) is 0 Å². The molecule has 2 amide bonds. The summed E-state index contributed by atoms with van der Waals surface area (Å²) in [6, 6.07) is 17.6. The summed E-state index contributed by atoms with van der Waals surface area (Å²) in [6.07, 6.45) is 1.42. The predicted molar refractivity (Wildman–Crippen MR) is 108 cm³/mol. The van der Waals surface area contributed by atoms with Gasteiger partial charge in [-0.05, 0) is 48.5 Å². The summed E-state index contributed by atoms with van der Waals surface area (Å²) >= 11 is 7.49. The Labute approximate surface area is 166 Å². The smallest absolute Gasteiger partial charge is 0.291 e. The number of amides is 2. The van der Waals surface area contributed by atoms with Crippen LogP contribution in [-0.4, -0.2) is 24.1 Å². The van der Waals surface area contributed by atoms with Crippen LogP contribution in [0.5, 0.6) is 0 Å².